The molecule has 0 spiro atoms. The minimum atomic E-state index is -0.280. The minimum Gasteiger partial charge on any atom is -0.506 e. The van der Waals surface area contributed by atoms with Crippen LogP contribution in [0.1, 0.15) is 11.1 Å². The molecule has 3 rings (SSSR count). The average Bonchev–Trinajstić information content (AvgIpc) is 2.88. The third-order valence-electron chi connectivity index (χ3n) is 3.46. The molecule has 0 atom stereocenters. The fourth-order valence-electron chi connectivity index (χ4n) is 2.14. The molecule has 25 heavy (non-hydrogen) atoms. The molecule has 0 saturated carbocycles. The van der Waals surface area contributed by atoms with Crippen molar-refractivity contribution in [3.8, 4) is 5.75 Å². The van der Waals surface area contributed by atoms with E-state index in [-0.39, 0.29) is 11.7 Å². The summed E-state index contributed by atoms with van der Waals surface area (Å²) in [5.41, 5.74) is 2.01. The highest BCUT2D eigenvalue weighted by Crippen LogP contribution is 2.34. The number of hydrogen-bond acceptors (Lipinski definition) is 4. The molecule has 1 amide bonds. The van der Waals surface area contributed by atoms with E-state index in [4.69, 9.17) is 23.2 Å². The number of benzene rings is 2. The number of amides is 1. The number of nitrogens with zero attached hydrogens (tertiary/aromatic N) is 1. The molecule has 1 aliphatic heterocycles. The molecular weight excluding hydrogens is 494 g/mol. The number of phenols is 1. The van der Waals surface area contributed by atoms with Crippen molar-refractivity contribution in [1.29, 1.82) is 0 Å². The predicted molar refractivity (Wildman–Crippen MR) is 113 cm³/mol. The highest BCUT2D eigenvalue weighted by Gasteiger charge is 2.24. The first-order valence-corrected chi connectivity index (χ1v) is 9.73. The first-order chi connectivity index (χ1) is 11.8. The molecule has 2 aromatic rings. The summed E-state index contributed by atoms with van der Waals surface area (Å²) in [6, 6.07) is 8.68. The maximum absolute atomic E-state index is 12.2. The lowest BCUT2D eigenvalue weighted by Crippen LogP contribution is -2.19. The number of amidine groups is 1. The Morgan fingerprint density at radius 2 is 2.08 bits per heavy atom. The first-order valence-electron chi connectivity index (χ1n) is 7.08. The van der Waals surface area contributed by atoms with Crippen molar-refractivity contribution < 1.29 is 9.90 Å². The number of aliphatic imine (C=N–C) groups is 1. The smallest absolute Gasteiger partial charge is 0.264 e. The SMILES string of the molecule is Cc1c(Cl)cccc1N=C1NC(=O)/C(=C\c2cc(Cl)cc(I)c2O)S1. The summed E-state index contributed by atoms with van der Waals surface area (Å²) in [6.07, 6.45) is 1.59. The molecule has 1 saturated heterocycles. The number of nitrogens with one attached hydrogen (secondary N) is 1. The molecule has 0 unspecified atom stereocenters. The van der Waals surface area contributed by atoms with E-state index in [1.807, 2.05) is 35.6 Å². The van der Waals surface area contributed by atoms with Crippen LogP contribution in [-0.2, 0) is 4.79 Å². The third-order valence-corrected chi connectivity index (χ3v) is 5.82. The van der Waals surface area contributed by atoms with Crippen LogP contribution in [0, 0.1) is 10.5 Å². The van der Waals surface area contributed by atoms with Crippen molar-refractivity contribution in [3.63, 3.8) is 0 Å². The van der Waals surface area contributed by atoms with Gasteiger partial charge in [-0.05, 0) is 77.2 Å². The van der Waals surface area contributed by atoms with E-state index >= 15 is 0 Å². The number of carbonyl (C=O) groups is 1. The molecule has 1 heterocycles. The predicted octanol–water partition coefficient (Wildman–Crippen LogP) is 5.50. The Kier molecular flexibility index (Phi) is 5.62. The van der Waals surface area contributed by atoms with E-state index < -0.39 is 0 Å². The van der Waals surface area contributed by atoms with Crippen molar-refractivity contribution in [2.75, 3.05) is 0 Å². The summed E-state index contributed by atoms with van der Waals surface area (Å²) in [4.78, 5) is 17.1. The standard InChI is InChI=1S/C17H11Cl2IN2O2S/c1-8-11(19)3-2-4-13(8)21-17-22-16(24)14(25-17)6-9-5-10(18)7-12(20)15(9)23/h2-7,23H,1H3,(H,21,22,24)/b14-6+. The van der Waals surface area contributed by atoms with Gasteiger partial charge in [0.25, 0.3) is 5.91 Å². The number of rotatable bonds is 2. The highest BCUT2D eigenvalue weighted by atomic mass is 127. The lowest BCUT2D eigenvalue weighted by atomic mass is 10.2. The van der Waals surface area contributed by atoms with Gasteiger partial charge in [-0.15, -0.1) is 0 Å². The van der Waals surface area contributed by atoms with Crippen LogP contribution in [-0.4, -0.2) is 16.2 Å². The van der Waals surface area contributed by atoms with Gasteiger partial charge in [-0.3, -0.25) is 4.79 Å². The van der Waals surface area contributed by atoms with E-state index in [1.165, 1.54) is 11.8 Å². The van der Waals surface area contributed by atoms with E-state index in [0.29, 0.717) is 34.9 Å². The fourth-order valence-corrected chi connectivity index (χ4v) is 4.20. The highest BCUT2D eigenvalue weighted by molar-refractivity contribution is 14.1. The van der Waals surface area contributed by atoms with Crippen LogP contribution in [0.5, 0.6) is 5.75 Å². The Balaban J connectivity index is 1.93. The number of halogens is 3. The quantitative estimate of drug-likeness (QED) is 0.419. The molecule has 2 N–H and O–H groups in total. The summed E-state index contributed by atoms with van der Waals surface area (Å²) in [7, 11) is 0. The monoisotopic (exact) mass is 504 g/mol. The maximum Gasteiger partial charge on any atom is 0.264 e. The zero-order chi connectivity index (χ0) is 18.1. The zero-order valence-corrected chi connectivity index (χ0v) is 17.3. The van der Waals surface area contributed by atoms with Crippen LogP contribution in [0.2, 0.25) is 10.0 Å². The Bertz CT molecular complexity index is 944. The van der Waals surface area contributed by atoms with Gasteiger partial charge in [0, 0.05) is 15.6 Å². The van der Waals surface area contributed by atoms with Crippen LogP contribution in [0.25, 0.3) is 6.08 Å². The number of aromatic hydroxyl groups is 1. The largest absolute Gasteiger partial charge is 0.506 e. The molecule has 2 aromatic carbocycles. The third kappa shape index (κ3) is 4.13. The van der Waals surface area contributed by atoms with Crippen molar-refractivity contribution in [2.24, 2.45) is 4.99 Å². The molecule has 0 bridgehead atoms. The first kappa shape index (κ1) is 18.6. The van der Waals surface area contributed by atoms with Crippen LogP contribution < -0.4 is 5.32 Å². The van der Waals surface area contributed by atoms with Crippen LogP contribution in [0.4, 0.5) is 5.69 Å². The summed E-state index contributed by atoms with van der Waals surface area (Å²) >= 11 is 15.3. The lowest BCUT2D eigenvalue weighted by molar-refractivity contribution is -0.115. The van der Waals surface area contributed by atoms with Crippen molar-refractivity contribution >= 4 is 80.4 Å². The lowest BCUT2D eigenvalue weighted by Gasteiger charge is -2.03. The summed E-state index contributed by atoms with van der Waals surface area (Å²) in [6.45, 7) is 1.87. The normalized spacial score (nSPS) is 17.4. The Labute approximate surface area is 172 Å². The maximum atomic E-state index is 12.2. The van der Waals surface area contributed by atoms with Gasteiger partial charge in [0.15, 0.2) is 5.17 Å². The molecule has 0 aromatic heterocycles. The Morgan fingerprint density at radius 3 is 2.84 bits per heavy atom. The van der Waals surface area contributed by atoms with Gasteiger partial charge in [0.2, 0.25) is 0 Å². The Morgan fingerprint density at radius 1 is 1.32 bits per heavy atom. The van der Waals surface area contributed by atoms with Gasteiger partial charge in [0.1, 0.15) is 5.75 Å². The van der Waals surface area contributed by atoms with Crippen LogP contribution >= 0.6 is 57.6 Å². The molecule has 0 aliphatic carbocycles. The van der Waals surface area contributed by atoms with E-state index in [2.05, 4.69) is 10.3 Å². The molecule has 128 valence electrons. The summed E-state index contributed by atoms with van der Waals surface area (Å²) < 4.78 is 0.615. The van der Waals surface area contributed by atoms with E-state index in [0.717, 1.165) is 5.56 Å². The topological polar surface area (TPSA) is 61.7 Å². The number of thioether (sulfide) groups is 1. The average molecular weight is 505 g/mol. The second-order valence-electron chi connectivity index (χ2n) is 5.19. The van der Waals surface area contributed by atoms with Crippen molar-refractivity contribution in [3.05, 3.63) is 60.0 Å². The van der Waals surface area contributed by atoms with Gasteiger partial charge in [-0.2, -0.15) is 0 Å². The zero-order valence-electron chi connectivity index (χ0n) is 12.8. The summed E-state index contributed by atoms with van der Waals surface area (Å²) in [5.74, 6) is -0.195. The molecule has 0 radical (unpaired) electrons. The molecule has 8 heteroatoms. The molecular formula is C17H11Cl2IN2O2S. The Hall–Kier alpha value is -1.22. The van der Waals surface area contributed by atoms with Crippen molar-refractivity contribution in [1.82, 2.24) is 5.32 Å². The minimum absolute atomic E-state index is 0.0852. The molecule has 1 aliphatic rings. The number of carbonyl (C=O) groups excluding carboxylic acids is 1. The van der Waals surface area contributed by atoms with E-state index in [1.54, 1.807) is 30.3 Å². The van der Waals surface area contributed by atoms with E-state index in [9.17, 15) is 9.90 Å². The van der Waals surface area contributed by atoms with Gasteiger partial charge in [0.05, 0.1) is 14.2 Å². The fraction of sp³-hybridized carbons (Fsp3) is 0.0588. The molecule has 4 nitrogen and oxygen atoms in total. The second-order valence-corrected chi connectivity index (χ2v) is 8.23. The van der Waals surface area contributed by atoms with Gasteiger partial charge >= 0.3 is 0 Å². The number of hydrogen-bond donors (Lipinski definition) is 2. The van der Waals surface area contributed by atoms with Crippen LogP contribution in [0.3, 0.4) is 0 Å². The second kappa shape index (κ2) is 7.57. The number of phenolic OH excluding ortho intramolecular Hbond substituents is 1. The molecule has 1 fully saturated rings. The van der Waals surface area contributed by atoms with Gasteiger partial charge in [-0.25, -0.2) is 4.99 Å². The van der Waals surface area contributed by atoms with Crippen molar-refractivity contribution in [2.45, 2.75) is 6.92 Å². The summed E-state index contributed by atoms with van der Waals surface area (Å²) in [5, 5.41) is 14.4. The van der Waals surface area contributed by atoms with Gasteiger partial charge < -0.3 is 10.4 Å². The van der Waals surface area contributed by atoms with Gasteiger partial charge in [-0.1, -0.05) is 29.3 Å². The van der Waals surface area contributed by atoms with Crippen LogP contribution in [0.15, 0.2) is 40.2 Å².